The summed E-state index contributed by atoms with van der Waals surface area (Å²) >= 11 is 0. The average molecular weight is 356 g/mol. The van der Waals surface area contributed by atoms with E-state index < -0.39 is 30.6 Å². The lowest BCUT2D eigenvalue weighted by atomic mass is 10.0. The van der Waals surface area contributed by atoms with Crippen LogP contribution in [0.25, 0.3) is 0 Å². The third-order valence-electron chi connectivity index (χ3n) is 3.71. The molecular weight excluding hydrogens is 336 g/mol. The Morgan fingerprint density at radius 3 is 2.00 bits per heavy atom. The molecule has 1 atom stereocenters. The molecule has 0 spiro atoms. The Bertz CT molecular complexity index is 749. The van der Waals surface area contributed by atoms with Gasteiger partial charge in [0.2, 0.25) is 5.91 Å². The second-order valence-electron chi connectivity index (χ2n) is 5.55. The molecule has 7 heteroatoms. The summed E-state index contributed by atoms with van der Waals surface area (Å²) < 4.78 is 5.13. The second kappa shape index (κ2) is 9.33. The summed E-state index contributed by atoms with van der Waals surface area (Å²) in [6.07, 6.45) is -1.07. The highest BCUT2D eigenvalue weighted by molar-refractivity contribution is 5.97. The van der Waals surface area contributed by atoms with Crippen molar-refractivity contribution in [2.45, 2.75) is 19.1 Å². The molecule has 0 radical (unpaired) electrons. The van der Waals surface area contributed by atoms with Crippen molar-refractivity contribution in [1.29, 1.82) is 0 Å². The Morgan fingerprint density at radius 2 is 1.50 bits per heavy atom. The number of carbonyl (C=O) groups excluding carboxylic acids is 2. The van der Waals surface area contributed by atoms with E-state index in [2.05, 4.69) is 0 Å². The van der Waals surface area contributed by atoms with Crippen LogP contribution in [0.3, 0.4) is 0 Å². The van der Waals surface area contributed by atoms with Gasteiger partial charge in [-0.05, 0) is 11.1 Å². The summed E-state index contributed by atoms with van der Waals surface area (Å²) in [5.74, 6) is -2.13. The molecule has 0 saturated carbocycles. The number of hydrogen-bond donors (Lipinski definition) is 2. The zero-order chi connectivity index (χ0) is 18.9. The quantitative estimate of drug-likeness (QED) is 0.783. The highest BCUT2D eigenvalue weighted by Gasteiger charge is 2.35. The first-order chi connectivity index (χ1) is 12.5. The Labute approximate surface area is 151 Å². The highest BCUT2D eigenvalue weighted by Crippen LogP contribution is 2.13. The number of ether oxygens (including phenoxy) is 1. The molecule has 0 fully saturated rings. The normalized spacial score (nSPS) is 11.4. The van der Waals surface area contributed by atoms with Crippen molar-refractivity contribution in [3.63, 3.8) is 0 Å². The summed E-state index contributed by atoms with van der Waals surface area (Å²) in [7, 11) is 0. The maximum absolute atomic E-state index is 12.4. The van der Waals surface area contributed by atoms with Crippen molar-refractivity contribution in [2.24, 2.45) is 5.73 Å². The number of imide groups is 1. The van der Waals surface area contributed by atoms with Gasteiger partial charge in [-0.25, -0.2) is 14.5 Å². The molecule has 7 nitrogen and oxygen atoms in total. The predicted octanol–water partition coefficient (Wildman–Crippen LogP) is 1.81. The molecule has 0 heterocycles. The van der Waals surface area contributed by atoms with Crippen LogP contribution >= 0.6 is 0 Å². The largest absolute Gasteiger partial charge is 0.480 e. The molecule has 2 aromatic rings. The van der Waals surface area contributed by atoms with Crippen LogP contribution < -0.4 is 5.73 Å². The molecule has 0 saturated heterocycles. The Morgan fingerprint density at radius 1 is 0.962 bits per heavy atom. The van der Waals surface area contributed by atoms with E-state index >= 15 is 0 Å². The SMILES string of the molecule is NCC(=O)N(C(=O)OCc1ccccc1)[C@H](Cc1ccccc1)C(=O)O. The number of carboxylic acid groups (broad SMARTS) is 1. The van der Waals surface area contributed by atoms with E-state index in [0.29, 0.717) is 10.5 Å². The number of nitrogens with two attached hydrogens (primary N) is 1. The van der Waals surface area contributed by atoms with Crippen LogP contribution in [-0.4, -0.2) is 40.6 Å². The van der Waals surface area contributed by atoms with Crippen molar-refractivity contribution in [2.75, 3.05) is 6.54 Å². The highest BCUT2D eigenvalue weighted by atomic mass is 16.6. The van der Waals surface area contributed by atoms with E-state index in [4.69, 9.17) is 10.5 Å². The summed E-state index contributed by atoms with van der Waals surface area (Å²) in [5.41, 5.74) is 6.75. The van der Waals surface area contributed by atoms with Crippen molar-refractivity contribution in [3.05, 3.63) is 71.8 Å². The fourth-order valence-corrected chi connectivity index (χ4v) is 2.42. The number of aliphatic carboxylic acids is 1. The number of nitrogens with zero attached hydrogens (tertiary/aromatic N) is 1. The van der Waals surface area contributed by atoms with E-state index in [9.17, 15) is 19.5 Å². The van der Waals surface area contributed by atoms with Gasteiger partial charge in [-0.1, -0.05) is 60.7 Å². The third-order valence-corrected chi connectivity index (χ3v) is 3.71. The number of rotatable bonds is 7. The van der Waals surface area contributed by atoms with Crippen molar-refractivity contribution in [3.8, 4) is 0 Å². The molecule has 0 aromatic heterocycles. The van der Waals surface area contributed by atoms with E-state index in [-0.39, 0.29) is 13.0 Å². The predicted molar refractivity (Wildman–Crippen MR) is 94.1 cm³/mol. The Balaban J connectivity index is 2.18. The molecular formula is C19H20N2O5. The maximum atomic E-state index is 12.4. The van der Waals surface area contributed by atoms with Crippen molar-refractivity contribution < 1.29 is 24.2 Å². The van der Waals surface area contributed by atoms with Crippen LogP contribution in [-0.2, 0) is 27.4 Å². The van der Waals surface area contributed by atoms with Gasteiger partial charge in [-0.2, -0.15) is 0 Å². The zero-order valence-electron chi connectivity index (χ0n) is 14.1. The topological polar surface area (TPSA) is 110 Å². The standard InChI is InChI=1S/C19H20N2O5/c20-12-17(22)21(19(25)26-13-15-9-5-2-6-10-15)16(18(23)24)11-14-7-3-1-4-8-14/h1-10,16H,11-13,20H2,(H,23,24)/t16-/m1/s1. The van der Waals surface area contributed by atoms with E-state index in [1.807, 2.05) is 6.07 Å². The second-order valence-corrected chi connectivity index (χ2v) is 5.55. The molecule has 2 amide bonds. The lowest BCUT2D eigenvalue weighted by molar-refractivity contribution is -0.148. The molecule has 26 heavy (non-hydrogen) atoms. The smallest absolute Gasteiger partial charge is 0.417 e. The van der Waals surface area contributed by atoms with Gasteiger partial charge in [-0.3, -0.25) is 4.79 Å². The van der Waals surface area contributed by atoms with Gasteiger partial charge >= 0.3 is 12.1 Å². The third kappa shape index (κ3) is 5.15. The van der Waals surface area contributed by atoms with Crippen LogP contribution in [0.1, 0.15) is 11.1 Å². The van der Waals surface area contributed by atoms with Gasteiger partial charge in [0, 0.05) is 6.42 Å². The minimum absolute atomic E-state index is 0.0393. The molecule has 136 valence electrons. The lowest BCUT2D eigenvalue weighted by Gasteiger charge is -2.26. The van der Waals surface area contributed by atoms with Crippen LogP contribution in [0, 0.1) is 0 Å². The average Bonchev–Trinajstić information content (AvgIpc) is 2.67. The first-order valence-electron chi connectivity index (χ1n) is 8.02. The molecule has 2 rings (SSSR count). The molecule has 0 bridgehead atoms. The van der Waals surface area contributed by atoms with Crippen LogP contribution in [0.4, 0.5) is 4.79 Å². The fourth-order valence-electron chi connectivity index (χ4n) is 2.42. The number of hydrogen-bond acceptors (Lipinski definition) is 5. The first-order valence-corrected chi connectivity index (χ1v) is 8.02. The minimum Gasteiger partial charge on any atom is -0.480 e. The molecule has 2 aromatic carbocycles. The van der Waals surface area contributed by atoms with Gasteiger partial charge in [-0.15, -0.1) is 0 Å². The number of amides is 2. The summed E-state index contributed by atoms with van der Waals surface area (Å²) in [6.45, 7) is -0.579. The Kier molecular flexibility index (Phi) is 6.87. The Hall–Kier alpha value is -3.19. The van der Waals surface area contributed by atoms with Gasteiger partial charge in [0.1, 0.15) is 12.6 Å². The maximum Gasteiger partial charge on any atom is 0.417 e. The lowest BCUT2D eigenvalue weighted by Crippen LogP contribution is -2.52. The van der Waals surface area contributed by atoms with Gasteiger partial charge in [0.25, 0.3) is 0 Å². The molecule has 0 aliphatic rings. The van der Waals surface area contributed by atoms with E-state index in [0.717, 1.165) is 5.56 Å². The fraction of sp³-hybridized carbons (Fsp3) is 0.211. The number of carbonyl (C=O) groups is 3. The monoisotopic (exact) mass is 356 g/mol. The van der Waals surface area contributed by atoms with Gasteiger partial charge in [0.05, 0.1) is 6.54 Å². The number of benzene rings is 2. The van der Waals surface area contributed by atoms with E-state index in [1.165, 1.54) is 0 Å². The number of carboxylic acids is 1. The summed E-state index contributed by atoms with van der Waals surface area (Å²) in [5, 5.41) is 9.54. The summed E-state index contributed by atoms with van der Waals surface area (Å²) in [6, 6.07) is 16.2. The molecule has 0 aliphatic heterocycles. The van der Waals surface area contributed by atoms with E-state index in [1.54, 1.807) is 54.6 Å². The van der Waals surface area contributed by atoms with Crippen molar-refractivity contribution >= 4 is 18.0 Å². The van der Waals surface area contributed by atoms with Crippen LogP contribution in [0.15, 0.2) is 60.7 Å². The van der Waals surface area contributed by atoms with Crippen LogP contribution in [0.2, 0.25) is 0 Å². The van der Waals surface area contributed by atoms with Crippen molar-refractivity contribution in [1.82, 2.24) is 4.90 Å². The molecule has 3 N–H and O–H groups in total. The first kappa shape index (κ1) is 19.1. The molecule has 0 aliphatic carbocycles. The van der Waals surface area contributed by atoms with Crippen LogP contribution in [0.5, 0.6) is 0 Å². The molecule has 0 unspecified atom stereocenters. The minimum atomic E-state index is -1.41. The van der Waals surface area contributed by atoms with Gasteiger partial charge in [0.15, 0.2) is 0 Å². The zero-order valence-corrected chi connectivity index (χ0v) is 14.1. The summed E-state index contributed by atoms with van der Waals surface area (Å²) in [4.78, 5) is 36.8. The van der Waals surface area contributed by atoms with Gasteiger partial charge < -0.3 is 15.6 Å².